The van der Waals surface area contributed by atoms with Crippen LogP contribution in [0.2, 0.25) is 0 Å². The molecular formula is C17H20N2O6. The Bertz CT molecular complexity index is 660. The summed E-state index contributed by atoms with van der Waals surface area (Å²) in [5.74, 6) is -2.70. The maximum atomic E-state index is 12.0. The van der Waals surface area contributed by atoms with Gasteiger partial charge in [0.2, 0.25) is 6.54 Å². The van der Waals surface area contributed by atoms with Crippen molar-refractivity contribution in [2.45, 2.75) is 19.8 Å². The van der Waals surface area contributed by atoms with Crippen molar-refractivity contribution in [1.29, 1.82) is 0 Å². The van der Waals surface area contributed by atoms with Gasteiger partial charge < -0.3 is 10.1 Å². The molecular weight excluding hydrogens is 328 g/mol. The van der Waals surface area contributed by atoms with Crippen LogP contribution >= 0.6 is 0 Å². The molecule has 1 saturated carbocycles. The lowest BCUT2D eigenvalue weighted by Crippen LogP contribution is -2.28. The highest BCUT2D eigenvalue weighted by Gasteiger charge is 2.44. The number of nitro groups is 1. The molecule has 1 aliphatic rings. The van der Waals surface area contributed by atoms with Crippen LogP contribution in [0.5, 0.6) is 0 Å². The summed E-state index contributed by atoms with van der Waals surface area (Å²) in [6.07, 6.45) is -0.00869. The van der Waals surface area contributed by atoms with Crippen molar-refractivity contribution in [2.75, 3.05) is 18.5 Å². The van der Waals surface area contributed by atoms with E-state index in [1.165, 1.54) is 0 Å². The van der Waals surface area contributed by atoms with E-state index >= 15 is 0 Å². The van der Waals surface area contributed by atoms with E-state index in [1.54, 1.807) is 37.3 Å². The molecule has 8 nitrogen and oxygen atoms in total. The van der Waals surface area contributed by atoms with E-state index in [0.29, 0.717) is 5.69 Å². The smallest absolute Gasteiger partial charge is 0.307 e. The van der Waals surface area contributed by atoms with Gasteiger partial charge in [0.1, 0.15) is 5.78 Å². The van der Waals surface area contributed by atoms with Crippen molar-refractivity contribution < 1.29 is 24.0 Å². The van der Waals surface area contributed by atoms with Crippen molar-refractivity contribution in [1.82, 2.24) is 0 Å². The van der Waals surface area contributed by atoms with Crippen LogP contribution < -0.4 is 5.32 Å². The predicted octanol–water partition coefficient (Wildman–Crippen LogP) is 1.68. The number of hydrogen-bond acceptors (Lipinski definition) is 6. The monoisotopic (exact) mass is 348 g/mol. The number of carbonyl (C=O) groups is 3. The number of anilines is 1. The summed E-state index contributed by atoms with van der Waals surface area (Å²) in [5, 5.41) is 13.3. The molecule has 8 heteroatoms. The third kappa shape index (κ3) is 5.37. The first-order valence-corrected chi connectivity index (χ1v) is 8.02. The molecule has 0 spiro atoms. The minimum atomic E-state index is -0.718. The quantitative estimate of drug-likeness (QED) is 0.455. The van der Waals surface area contributed by atoms with Gasteiger partial charge in [-0.25, -0.2) is 0 Å². The van der Waals surface area contributed by atoms with Crippen molar-refractivity contribution in [2.24, 2.45) is 17.8 Å². The average molecular weight is 348 g/mol. The summed E-state index contributed by atoms with van der Waals surface area (Å²) >= 11 is 0. The summed E-state index contributed by atoms with van der Waals surface area (Å²) in [7, 11) is 0. The number of Topliss-reactive ketones (excluding diaryl/α,β-unsaturated/α-hetero) is 1. The lowest BCUT2D eigenvalue weighted by atomic mass is 9.88. The molecule has 1 aromatic carbocycles. The van der Waals surface area contributed by atoms with Gasteiger partial charge in [-0.2, -0.15) is 0 Å². The van der Waals surface area contributed by atoms with Crippen LogP contribution in [0.1, 0.15) is 19.8 Å². The summed E-state index contributed by atoms with van der Waals surface area (Å²) in [5.41, 5.74) is 0.578. The third-order valence-corrected chi connectivity index (χ3v) is 4.35. The van der Waals surface area contributed by atoms with Crippen molar-refractivity contribution in [3.63, 3.8) is 0 Å². The predicted molar refractivity (Wildman–Crippen MR) is 88.3 cm³/mol. The maximum absolute atomic E-state index is 12.0. The van der Waals surface area contributed by atoms with Gasteiger partial charge in [-0.3, -0.25) is 24.5 Å². The van der Waals surface area contributed by atoms with E-state index in [4.69, 9.17) is 4.74 Å². The highest BCUT2D eigenvalue weighted by atomic mass is 16.6. The maximum Gasteiger partial charge on any atom is 0.307 e. The second-order valence-electron chi connectivity index (χ2n) is 6.21. The standard InChI is InChI=1S/C17H20N2O6/c1-11-7-15(20)13(14(11)9-19(23)24)8-17(22)25-10-16(21)18-12-5-3-2-4-6-12/h2-6,11,13-14H,7-10H2,1H3,(H,18,21)/t11-,13-,14+/m0/s1. The normalized spacial score (nSPS) is 22.4. The number of hydrogen-bond donors (Lipinski definition) is 1. The molecule has 0 aromatic heterocycles. The van der Waals surface area contributed by atoms with Crippen LogP contribution in [0.4, 0.5) is 5.69 Å². The van der Waals surface area contributed by atoms with E-state index in [-0.39, 0.29) is 31.1 Å². The fourth-order valence-electron chi connectivity index (χ4n) is 3.10. The van der Waals surface area contributed by atoms with Crippen LogP contribution in [0, 0.1) is 27.9 Å². The molecule has 0 aliphatic heterocycles. The molecule has 1 aromatic rings. The second-order valence-corrected chi connectivity index (χ2v) is 6.21. The van der Waals surface area contributed by atoms with E-state index in [9.17, 15) is 24.5 Å². The molecule has 0 radical (unpaired) electrons. The Morgan fingerprint density at radius 3 is 2.64 bits per heavy atom. The Labute approximate surface area is 144 Å². The summed E-state index contributed by atoms with van der Waals surface area (Å²) in [6, 6.07) is 8.70. The first-order valence-electron chi connectivity index (χ1n) is 8.02. The van der Waals surface area contributed by atoms with Gasteiger partial charge in [0.05, 0.1) is 6.42 Å². The number of ether oxygens (including phenoxy) is 1. The van der Waals surface area contributed by atoms with Crippen LogP contribution in [0.3, 0.4) is 0 Å². The van der Waals surface area contributed by atoms with Crippen LogP contribution in [0.25, 0.3) is 0 Å². The lowest BCUT2D eigenvalue weighted by Gasteiger charge is -2.17. The fraction of sp³-hybridized carbons (Fsp3) is 0.471. The number of ketones is 1. The van der Waals surface area contributed by atoms with Gasteiger partial charge in [-0.1, -0.05) is 25.1 Å². The minimum absolute atomic E-state index is 0.142. The number of nitrogens with zero attached hydrogens (tertiary/aromatic N) is 1. The van der Waals surface area contributed by atoms with Crippen LogP contribution in [0.15, 0.2) is 30.3 Å². The van der Waals surface area contributed by atoms with Crippen molar-refractivity contribution >= 4 is 23.3 Å². The Morgan fingerprint density at radius 1 is 1.32 bits per heavy atom. The molecule has 25 heavy (non-hydrogen) atoms. The number of para-hydroxylation sites is 1. The Morgan fingerprint density at radius 2 is 2.00 bits per heavy atom. The number of rotatable bonds is 7. The Kier molecular flexibility index (Phi) is 6.21. The molecule has 134 valence electrons. The first kappa shape index (κ1) is 18.6. The molecule has 1 fully saturated rings. The van der Waals surface area contributed by atoms with Crippen molar-refractivity contribution in [3.8, 4) is 0 Å². The van der Waals surface area contributed by atoms with E-state index in [1.807, 2.05) is 0 Å². The SMILES string of the molecule is C[C@H]1CC(=O)[C@@H](CC(=O)OCC(=O)Nc2ccccc2)[C@@H]1C[N+](=O)[O-]. The van der Waals surface area contributed by atoms with Crippen molar-refractivity contribution in [3.05, 3.63) is 40.4 Å². The topological polar surface area (TPSA) is 116 Å². The molecule has 1 amide bonds. The van der Waals surface area contributed by atoms with Gasteiger partial charge in [0.15, 0.2) is 6.61 Å². The summed E-state index contributed by atoms with van der Waals surface area (Å²) in [4.78, 5) is 45.9. The van der Waals surface area contributed by atoms with Crippen LogP contribution in [-0.4, -0.2) is 35.7 Å². The van der Waals surface area contributed by atoms with Gasteiger partial charge >= 0.3 is 5.97 Å². The highest BCUT2D eigenvalue weighted by Crippen LogP contribution is 2.36. The number of nitrogens with one attached hydrogen (secondary N) is 1. The summed E-state index contributed by atoms with van der Waals surface area (Å²) < 4.78 is 4.90. The number of amides is 1. The molecule has 3 atom stereocenters. The molecule has 0 bridgehead atoms. The van der Waals surface area contributed by atoms with Crippen LogP contribution in [-0.2, 0) is 19.1 Å². The molecule has 0 saturated heterocycles. The van der Waals surface area contributed by atoms with Gasteiger partial charge in [0.25, 0.3) is 5.91 Å². The minimum Gasteiger partial charge on any atom is -0.456 e. The van der Waals surface area contributed by atoms with Gasteiger partial charge in [0, 0.05) is 28.9 Å². The fourth-order valence-corrected chi connectivity index (χ4v) is 3.10. The average Bonchev–Trinajstić information content (AvgIpc) is 2.80. The van der Waals surface area contributed by atoms with E-state index < -0.39 is 35.2 Å². The largest absolute Gasteiger partial charge is 0.456 e. The number of benzene rings is 1. The van der Waals surface area contributed by atoms with Gasteiger partial charge in [-0.15, -0.1) is 0 Å². The summed E-state index contributed by atoms with van der Waals surface area (Å²) in [6.45, 7) is 0.953. The first-order chi connectivity index (χ1) is 11.9. The zero-order chi connectivity index (χ0) is 18.4. The zero-order valence-electron chi connectivity index (χ0n) is 13.8. The second kappa shape index (κ2) is 8.36. The highest BCUT2D eigenvalue weighted by molar-refractivity contribution is 5.93. The molecule has 2 rings (SSSR count). The molecule has 0 heterocycles. The number of carbonyl (C=O) groups excluding carboxylic acids is 3. The van der Waals surface area contributed by atoms with E-state index in [0.717, 1.165) is 0 Å². The lowest BCUT2D eigenvalue weighted by molar-refractivity contribution is -0.490. The molecule has 1 N–H and O–H groups in total. The van der Waals surface area contributed by atoms with E-state index in [2.05, 4.69) is 5.32 Å². The number of esters is 1. The van der Waals surface area contributed by atoms with Gasteiger partial charge in [-0.05, 0) is 18.1 Å². The zero-order valence-corrected chi connectivity index (χ0v) is 13.8. The Hall–Kier alpha value is -2.77. The molecule has 0 unspecified atom stereocenters. The Balaban J connectivity index is 1.83. The third-order valence-electron chi connectivity index (χ3n) is 4.35. The molecule has 1 aliphatic carbocycles.